The van der Waals surface area contributed by atoms with Crippen molar-refractivity contribution in [2.75, 3.05) is 6.61 Å². The summed E-state index contributed by atoms with van der Waals surface area (Å²) in [6, 6.07) is 13.6. The van der Waals surface area contributed by atoms with Gasteiger partial charge in [-0.15, -0.1) is 5.06 Å². The summed E-state index contributed by atoms with van der Waals surface area (Å²) >= 11 is 0. The Morgan fingerprint density at radius 1 is 0.886 bits per heavy atom. The first kappa shape index (κ1) is 22.4. The normalized spacial score (nSPS) is 13.7. The quantitative estimate of drug-likeness (QED) is 0.212. The first-order chi connectivity index (χ1) is 17.0. The highest BCUT2D eigenvalue weighted by atomic mass is 16.7. The number of rotatable bonds is 8. The highest BCUT2D eigenvalue weighted by molar-refractivity contribution is 6.03. The van der Waals surface area contributed by atoms with E-state index in [0.29, 0.717) is 28.6 Å². The second-order valence-corrected chi connectivity index (χ2v) is 8.18. The lowest BCUT2D eigenvalue weighted by Crippen LogP contribution is -2.32. The summed E-state index contributed by atoms with van der Waals surface area (Å²) in [5.41, 5.74) is 1.70. The van der Waals surface area contributed by atoms with E-state index in [-0.39, 0.29) is 18.4 Å². The molecule has 2 amide bonds. The van der Waals surface area contributed by atoms with Gasteiger partial charge in [0.05, 0.1) is 18.4 Å². The number of carbonyl (C=O) groups is 3. The van der Waals surface area contributed by atoms with Gasteiger partial charge >= 0.3 is 11.6 Å². The van der Waals surface area contributed by atoms with Crippen LogP contribution in [0.2, 0.25) is 0 Å². The van der Waals surface area contributed by atoms with E-state index < -0.39 is 23.4 Å². The first-order valence-electron chi connectivity index (χ1n) is 11.2. The van der Waals surface area contributed by atoms with Gasteiger partial charge in [-0.2, -0.15) is 0 Å². The molecule has 0 N–H and O–H groups in total. The number of amides is 2. The number of carbonyl (C=O) groups excluding carboxylic acids is 3. The Morgan fingerprint density at radius 2 is 1.63 bits per heavy atom. The van der Waals surface area contributed by atoms with Gasteiger partial charge in [-0.3, -0.25) is 9.59 Å². The SMILES string of the molecule is O=C(ON1C(=O)CCC1=O)c1ccc(CCCCOc2c3occc3cc3ccc(=O)oc23)cc1. The van der Waals surface area contributed by atoms with E-state index in [9.17, 15) is 19.2 Å². The molecule has 0 aliphatic carbocycles. The van der Waals surface area contributed by atoms with Crippen LogP contribution in [0.4, 0.5) is 0 Å². The lowest BCUT2D eigenvalue weighted by Gasteiger charge is -2.12. The molecular formula is C26H21NO8. The molecule has 2 aromatic carbocycles. The predicted octanol–water partition coefficient (Wildman–Crippen LogP) is 4.16. The average molecular weight is 475 g/mol. The second kappa shape index (κ2) is 9.46. The van der Waals surface area contributed by atoms with Gasteiger partial charge in [0, 0.05) is 29.7 Å². The monoisotopic (exact) mass is 475 g/mol. The van der Waals surface area contributed by atoms with Crippen LogP contribution in [0.1, 0.15) is 41.6 Å². The molecule has 5 rings (SSSR count). The maximum Gasteiger partial charge on any atom is 0.363 e. The van der Waals surface area contributed by atoms with Gasteiger partial charge in [0.2, 0.25) is 5.75 Å². The van der Waals surface area contributed by atoms with Crippen molar-refractivity contribution in [2.24, 2.45) is 0 Å². The molecule has 1 saturated heterocycles. The van der Waals surface area contributed by atoms with E-state index in [1.54, 1.807) is 36.6 Å². The number of furan rings is 1. The standard InChI is InChI=1S/C26H21NO8/c28-20-9-10-21(29)27(20)35-26(31)17-6-4-16(5-7-17)3-1-2-13-32-25-23-19(12-14-33-23)15-18-8-11-22(30)34-24(18)25/h4-8,11-12,14-15H,1-3,9-10,13H2. The van der Waals surface area contributed by atoms with Crippen molar-refractivity contribution in [1.82, 2.24) is 5.06 Å². The van der Waals surface area contributed by atoms with Crippen molar-refractivity contribution >= 4 is 39.7 Å². The number of unbranched alkanes of at least 4 members (excludes halogenated alkanes) is 1. The van der Waals surface area contributed by atoms with Crippen LogP contribution in [0.5, 0.6) is 5.75 Å². The van der Waals surface area contributed by atoms with Gasteiger partial charge in [0.15, 0.2) is 11.2 Å². The molecule has 0 unspecified atom stereocenters. The minimum atomic E-state index is -0.750. The van der Waals surface area contributed by atoms with Crippen LogP contribution >= 0.6 is 0 Å². The topological polar surface area (TPSA) is 116 Å². The molecule has 3 heterocycles. The molecule has 4 aromatic rings. The second-order valence-electron chi connectivity index (χ2n) is 8.18. The Morgan fingerprint density at radius 3 is 2.40 bits per heavy atom. The van der Waals surface area contributed by atoms with Crippen LogP contribution in [-0.4, -0.2) is 29.5 Å². The third-order valence-corrected chi connectivity index (χ3v) is 5.76. The lowest BCUT2D eigenvalue weighted by molar-refractivity contribution is -0.172. The van der Waals surface area contributed by atoms with Gasteiger partial charge < -0.3 is 18.4 Å². The zero-order valence-corrected chi connectivity index (χ0v) is 18.7. The Labute approximate surface area is 198 Å². The van der Waals surface area contributed by atoms with E-state index >= 15 is 0 Å². The largest absolute Gasteiger partial charge is 0.486 e. The molecule has 1 aliphatic heterocycles. The van der Waals surface area contributed by atoms with Gasteiger partial charge in [0.25, 0.3) is 11.8 Å². The fourth-order valence-corrected chi connectivity index (χ4v) is 3.94. The summed E-state index contributed by atoms with van der Waals surface area (Å²) in [7, 11) is 0. The summed E-state index contributed by atoms with van der Waals surface area (Å²) < 4.78 is 16.9. The van der Waals surface area contributed by atoms with E-state index in [2.05, 4.69) is 0 Å². The number of hydroxylamine groups is 2. The van der Waals surface area contributed by atoms with Crippen molar-refractivity contribution in [2.45, 2.75) is 32.1 Å². The molecule has 0 saturated carbocycles. The molecule has 0 spiro atoms. The fraction of sp³-hybridized carbons (Fsp3) is 0.231. The zero-order valence-electron chi connectivity index (χ0n) is 18.7. The van der Waals surface area contributed by atoms with Crippen LogP contribution < -0.4 is 10.4 Å². The number of aryl methyl sites for hydroxylation is 1. The van der Waals surface area contributed by atoms with E-state index in [4.69, 9.17) is 18.4 Å². The number of benzene rings is 2. The van der Waals surface area contributed by atoms with Gasteiger partial charge in [0.1, 0.15) is 0 Å². The highest BCUT2D eigenvalue weighted by Crippen LogP contribution is 2.35. The number of hydrogen-bond donors (Lipinski definition) is 0. The molecule has 0 bridgehead atoms. The Bertz CT molecular complexity index is 1470. The van der Waals surface area contributed by atoms with Crippen molar-refractivity contribution < 1.29 is 32.8 Å². The average Bonchev–Trinajstić information content (AvgIpc) is 3.45. The predicted molar refractivity (Wildman–Crippen MR) is 124 cm³/mol. The van der Waals surface area contributed by atoms with Gasteiger partial charge in [-0.1, -0.05) is 12.1 Å². The third-order valence-electron chi connectivity index (χ3n) is 5.76. The van der Waals surface area contributed by atoms with E-state index in [1.165, 1.54) is 6.07 Å². The molecule has 35 heavy (non-hydrogen) atoms. The molecule has 178 valence electrons. The summed E-state index contributed by atoms with van der Waals surface area (Å²) in [5, 5.41) is 2.15. The van der Waals surface area contributed by atoms with Crippen molar-refractivity contribution in [3.63, 3.8) is 0 Å². The Kier molecular flexibility index (Phi) is 6.05. The third kappa shape index (κ3) is 4.65. The minimum Gasteiger partial charge on any atom is -0.486 e. The molecule has 9 heteroatoms. The maximum atomic E-state index is 12.2. The molecule has 1 aliphatic rings. The van der Waals surface area contributed by atoms with Gasteiger partial charge in [-0.05, 0) is 55.2 Å². The van der Waals surface area contributed by atoms with Crippen LogP contribution in [0.15, 0.2) is 68.4 Å². The number of fused-ring (bicyclic) bond motifs is 2. The summed E-state index contributed by atoms with van der Waals surface area (Å²) in [6.45, 7) is 0.399. The summed E-state index contributed by atoms with van der Waals surface area (Å²) in [5.74, 6) is -1.36. The van der Waals surface area contributed by atoms with E-state index in [1.807, 2.05) is 12.1 Å². The van der Waals surface area contributed by atoms with Crippen molar-refractivity contribution in [3.8, 4) is 5.75 Å². The molecule has 2 aromatic heterocycles. The molecular weight excluding hydrogens is 454 g/mol. The fourth-order valence-electron chi connectivity index (χ4n) is 3.94. The Balaban J connectivity index is 1.15. The number of ether oxygens (including phenoxy) is 1. The number of hydrogen-bond acceptors (Lipinski definition) is 8. The van der Waals surface area contributed by atoms with Gasteiger partial charge in [-0.25, -0.2) is 9.59 Å². The van der Waals surface area contributed by atoms with Crippen LogP contribution in [0, 0.1) is 0 Å². The van der Waals surface area contributed by atoms with Crippen LogP contribution in [0.25, 0.3) is 21.9 Å². The number of imide groups is 1. The molecule has 1 fully saturated rings. The maximum absolute atomic E-state index is 12.2. The van der Waals surface area contributed by atoms with Crippen LogP contribution in [0.3, 0.4) is 0 Å². The smallest absolute Gasteiger partial charge is 0.363 e. The first-order valence-corrected chi connectivity index (χ1v) is 11.2. The Hall–Kier alpha value is -4.40. The van der Waals surface area contributed by atoms with Crippen LogP contribution in [-0.2, 0) is 20.8 Å². The summed E-state index contributed by atoms with van der Waals surface area (Å²) in [6.07, 6.45) is 3.97. The molecule has 0 atom stereocenters. The minimum absolute atomic E-state index is 0.0517. The zero-order chi connectivity index (χ0) is 24.4. The molecule has 0 radical (unpaired) electrons. The highest BCUT2D eigenvalue weighted by Gasteiger charge is 2.33. The van der Waals surface area contributed by atoms with Crippen molar-refractivity contribution in [3.05, 3.63) is 76.3 Å². The number of nitrogens with zero attached hydrogens (tertiary/aromatic N) is 1. The van der Waals surface area contributed by atoms with E-state index in [0.717, 1.165) is 35.6 Å². The molecule has 9 nitrogen and oxygen atoms in total. The summed E-state index contributed by atoms with van der Waals surface area (Å²) in [4.78, 5) is 52.0. The lowest BCUT2D eigenvalue weighted by atomic mass is 10.1. The van der Waals surface area contributed by atoms with Crippen molar-refractivity contribution in [1.29, 1.82) is 0 Å².